The molecular weight excluding hydrogens is 250 g/mol. The summed E-state index contributed by atoms with van der Waals surface area (Å²) in [5.74, 6) is 1.77. The molecule has 0 aromatic carbocycles. The third kappa shape index (κ3) is 4.27. The fourth-order valence-electron chi connectivity index (χ4n) is 2.26. The van der Waals surface area contributed by atoms with Gasteiger partial charge in [-0.1, -0.05) is 31.5 Å². The molecule has 1 fully saturated rings. The first kappa shape index (κ1) is 13.4. The van der Waals surface area contributed by atoms with Gasteiger partial charge in [0.05, 0.1) is 12.7 Å². The maximum absolute atomic E-state index is 5.98. The Bertz CT molecular complexity index is 340. The van der Waals surface area contributed by atoms with Crippen molar-refractivity contribution < 1.29 is 4.74 Å². The second-order valence-electron chi connectivity index (χ2n) is 4.77. The molecule has 1 heterocycles. The highest BCUT2D eigenvalue weighted by Gasteiger charge is 2.21. The van der Waals surface area contributed by atoms with E-state index >= 15 is 0 Å². The molecule has 2 atom stereocenters. The first-order chi connectivity index (χ1) is 8.25. The van der Waals surface area contributed by atoms with Crippen LogP contribution in [0.25, 0.3) is 0 Å². The summed E-state index contributed by atoms with van der Waals surface area (Å²) in [6, 6.07) is 0. The number of hydrogen-bond donors (Lipinski definition) is 0. The molecular formula is C13H21NOS2. The summed E-state index contributed by atoms with van der Waals surface area (Å²) in [4.78, 5) is 4.44. The summed E-state index contributed by atoms with van der Waals surface area (Å²) in [7, 11) is 0. The summed E-state index contributed by atoms with van der Waals surface area (Å²) in [5, 5.41) is 2.10. The van der Waals surface area contributed by atoms with Crippen LogP contribution >= 0.6 is 23.1 Å². The van der Waals surface area contributed by atoms with Gasteiger partial charge in [-0.2, -0.15) is 0 Å². The Hall–Kier alpha value is -0.0600. The Balaban J connectivity index is 1.62. The van der Waals surface area contributed by atoms with Crippen molar-refractivity contribution in [3.63, 3.8) is 0 Å². The van der Waals surface area contributed by atoms with Crippen LogP contribution in [0.1, 0.15) is 38.3 Å². The van der Waals surface area contributed by atoms with E-state index in [-0.39, 0.29) is 0 Å². The average Bonchev–Trinajstić information content (AvgIpc) is 2.73. The van der Waals surface area contributed by atoms with Crippen LogP contribution in [-0.2, 0) is 4.74 Å². The topological polar surface area (TPSA) is 22.1 Å². The molecule has 0 bridgehead atoms. The van der Waals surface area contributed by atoms with Gasteiger partial charge in [-0.3, -0.25) is 0 Å². The third-order valence-electron chi connectivity index (χ3n) is 3.27. The Morgan fingerprint density at radius 1 is 1.47 bits per heavy atom. The van der Waals surface area contributed by atoms with Crippen LogP contribution < -0.4 is 0 Å². The molecule has 1 aromatic rings. The number of thiazole rings is 1. The smallest absolute Gasteiger partial charge is 0.150 e. The molecule has 1 aliphatic carbocycles. The van der Waals surface area contributed by atoms with E-state index < -0.39 is 0 Å². The minimum absolute atomic E-state index is 0.502. The first-order valence-corrected chi connectivity index (χ1v) is 8.29. The Kier molecular flexibility index (Phi) is 5.32. The van der Waals surface area contributed by atoms with Gasteiger partial charge in [0.2, 0.25) is 0 Å². The summed E-state index contributed by atoms with van der Waals surface area (Å²) < 4.78 is 7.15. The number of nitrogens with zero attached hydrogens (tertiary/aromatic N) is 1. The number of aromatic nitrogens is 1. The average molecular weight is 271 g/mol. The molecule has 1 saturated carbocycles. The van der Waals surface area contributed by atoms with Gasteiger partial charge in [-0.25, -0.2) is 4.98 Å². The van der Waals surface area contributed by atoms with Crippen LogP contribution in [0, 0.1) is 12.8 Å². The van der Waals surface area contributed by atoms with Gasteiger partial charge in [0.25, 0.3) is 0 Å². The standard InChI is InChI=1S/C13H21NOS2/c1-10-5-3-4-6-12(10)15-7-8-16-13-14-11(2)9-17-13/h9-10,12H,3-8H2,1-2H3/t10-,12-/m0/s1. The summed E-state index contributed by atoms with van der Waals surface area (Å²) in [6.07, 6.45) is 5.82. The molecule has 0 aliphatic heterocycles. The number of ether oxygens (including phenoxy) is 1. The molecule has 1 aliphatic rings. The highest BCUT2D eigenvalue weighted by atomic mass is 32.2. The van der Waals surface area contributed by atoms with Crippen LogP contribution in [0.4, 0.5) is 0 Å². The monoisotopic (exact) mass is 271 g/mol. The Morgan fingerprint density at radius 2 is 2.29 bits per heavy atom. The van der Waals surface area contributed by atoms with Crippen molar-refractivity contribution in [2.75, 3.05) is 12.4 Å². The fourth-order valence-corrected chi connectivity index (χ4v) is 4.01. The molecule has 0 amide bonds. The molecule has 2 nitrogen and oxygen atoms in total. The van der Waals surface area contributed by atoms with E-state index in [1.807, 2.05) is 18.7 Å². The van der Waals surface area contributed by atoms with Crippen LogP contribution in [0.3, 0.4) is 0 Å². The van der Waals surface area contributed by atoms with E-state index in [2.05, 4.69) is 17.3 Å². The maximum Gasteiger partial charge on any atom is 0.150 e. The minimum Gasteiger partial charge on any atom is -0.377 e. The van der Waals surface area contributed by atoms with Crippen molar-refractivity contribution >= 4 is 23.1 Å². The van der Waals surface area contributed by atoms with E-state index in [1.54, 1.807) is 11.3 Å². The predicted octanol–water partition coefficient (Wildman–Crippen LogP) is 4.14. The van der Waals surface area contributed by atoms with E-state index in [1.165, 1.54) is 30.0 Å². The van der Waals surface area contributed by atoms with Gasteiger partial charge in [0, 0.05) is 16.8 Å². The van der Waals surface area contributed by atoms with Crippen molar-refractivity contribution in [2.24, 2.45) is 5.92 Å². The molecule has 2 rings (SSSR count). The fraction of sp³-hybridized carbons (Fsp3) is 0.769. The first-order valence-electron chi connectivity index (χ1n) is 6.42. The van der Waals surface area contributed by atoms with Gasteiger partial charge in [-0.15, -0.1) is 11.3 Å². The van der Waals surface area contributed by atoms with Gasteiger partial charge >= 0.3 is 0 Å². The normalized spacial score (nSPS) is 25.1. The number of rotatable bonds is 5. The summed E-state index contributed by atoms with van der Waals surface area (Å²) in [5.41, 5.74) is 1.12. The highest BCUT2D eigenvalue weighted by Crippen LogP contribution is 2.27. The second-order valence-corrected chi connectivity index (χ2v) is 6.97. The van der Waals surface area contributed by atoms with Gasteiger partial charge in [0.15, 0.2) is 0 Å². The third-order valence-corrected chi connectivity index (χ3v) is 5.37. The van der Waals surface area contributed by atoms with Gasteiger partial charge in [-0.05, 0) is 25.7 Å². The molecule has 1 aromatic heterocycles. The van der Waals surface area contributed by atoms with Gasteiger partial charge in [0.1, 0.15) is 4.34 Å². The molecule has 0 radical (unpaired) electrons. The summed E-state index contributed by atoms with van der Waals surface area (Å²) >= 11 is 3.55. The molecule has 4 heteroatoms. The van der Waals surface area contributed by atoms with E-state index in [0.717, 1.165) is 24.0 Å². The molecule has 17 heavy (non-hydrogen) atoms. The van der Waals surface area contributed by atoms with Crippen LogP contribution in [0.15, 0.2) is 9.72 Å². The zero-order valence-corrected chi connectivity index (χ0v) is 12.3. The zero-order chi connectivity index (χ0) is 12.1. The van der Waals surface area contributed by atoms with Crippen molar-refractivity contribution in [1.29, 1.82) is 0 Å². The van der Waals surface area contributed by atoms with E-state index in [0.29, 0.717) is 6.10 Å². The number of aryl methyl sites for hydroxylation is 1. The predicted molar refractivity (Wildman–Crippen MR) is 74.9 cm³/mol. The zero-order valence-electron chi connectivity index (χ0n) is 10.6. The largest absolute Gasteiger partial charge is 0.377 e. The summed E-state index contributed by atoms with van der Waals surface area (Å²) in [6.45, 7) is 5.22. The number of hydrogen-bond acceptors (Lipinski definition) is 4. The van der Waals surface area contributed by atoms with E-state index in [4.69, 9.17) is 4.74 Å². The van der Waals surface area contributed by atoms with Crippen molar-refractivity contribution in [3.8, 4) is 0 Å². The van der Waals surface area contributed by atoms with Crippen molar-refractivity contribution in [2.45, 2.75) is 50.0 Å². The number of thioether (sulfide) groups is 1. The Morgan fingerprint density at radius 3 is 3.00 bits per heavy atom. The molecule has 0 spiro atoms. The lowest BCUT2D eigenvalue weighted by Gasteiger charge is -2.28. The maximum atomic E-state index is 5.98. The second kappa shape index (κ2) is 6.76. The molecule has 0 unspecified atom stereocenters. The molecule has 0 N–H and O–H groups in total. The Labute approximate surface area is 112 Å². The molecule has 0 saturated heterocycles. The lowest BCUT2D eigenvalue weighted by Crippen LogP contribution is -2.26. The quantitative estimate of drug-likeness (QED) is 0.593. The van der Waals surface area contributed by atoms with Gasteiger partial charge < -0.3 is 4.74 Å². The van der Waals surface area contributed by atoms with Crippen molar-refractivity contribution in [3.05, 3.63) is 11.1 Å². The van der Waals surface area contributed by atoms with E-state index in [9.17, 15) is 0 Å². The highest BCUT2D eigenvalue weighted by molar-refractivity contribution is 8.01. The SMILES string of the molecule is Cc1csc(SCCO[C@H]2CCCC[C@@H]2C)n1. The molecule has 96 valence electrons. The van der Waals surface area contributed by atoms with Crippen LogP contribution in [0.2, 0.25) is 0 Å². The van der Waals surface area contributed by atoms with Crippen LogP contribution in [0.5, 0.6) is 0 Å². The lowest BCUT2D eigenvalue weighted by atomic mass is 9.88. The minimum atomic E-state index is 0.502. The van der Waals surface area contributed by atoms with Crippen LogP contribution in [-0.4, -0.2) is 23.4 Å². The van der Waals surface area contributed by atoms with Crippen molar-refractivity contribution in [1.82, 2.24) is 4.98 Å². The lowest BCUT2D eigenvalue weighted by molar-refractivity contribution is 0.00347.